The number of hydrazine groups is 1. The second-order valence-electron chi connectivity index (χ2n) is 6.24. The largest absolute Gasteiger partial charge is 0.277 e. The Hall–Kier alpha value is -3.59. The minimum atomic E-state index is -0.280. The number of nitrogens with zero attached hydrogens (tertiary/aromatic N) is 4. The van der Waals surface area contributed by atoms with Crippen molar-refractivity contribution in [3.8, 4) is 10.6 Å². The van der Waals surface area contributed by atoms with Crippen molar-refractivity contribution in [1.29, 1.82) is 0 Å². The van der Waals surface area contributed by atoms with Gasteiger partial charge in [0.25, 0.3) is 5.56 Å². The highest BCUT2D eigenvalue weighted by molar-refractivity contribution is 7.13. The van der Waals surface area contributed by atoms with Crippen LogP contribution in [0.2, 0.25) is 0 Å². The van der Waals surface area contributed by atoms with Gasteiger partial charge in [0.2, 0.25) is 11.9 Å². The zero-order chi connectivity index (χ0) is 20.2. The molecule has 0 aliphatic rings. The van der Waals surface area contributed by atoms with Crippen LogP contribution in [0, 0.1) is 0 Å². The normalized spacial score (nSPS) is 10.8. The van der Waals surface area contributed by atoms with Crippen LogP contribution in [-0.2, 0) is 17.8 Å². The summed E-state index contributed by atoms with van der Waals surface area (Å²) in [5.74, 6) is 0.0111. The first-order valence-corrected chi connectivity index (χ1v) is 9.93. The fourth-order valence-electron chi connectivity index (χ4n) is 2.90. The average Bonchev–Trinajstić information content (AvgIpc) is 3.21. The van der Waals surface area contributed by atoms with Crippen LogP contribution in [0.25, 0.3) is 21.5 Å². The smallest absolute Gasteiger partial charge is 0.262 e. The topological polar surface area (TPSA) is 102 Å². The first-order valence-electron chi connectivity index (χ1n) is 9.05. The second-order valence-corrected chi connectivity index (χ2v) is 7.10. The van der Waals surface area contributed by atoms with Gasteiger partial charge in [-0.2, -0.15) is 0 Å². The molecular formula is C20H18N6O2S. The lowest BCUT2D eigenvalue weighted by Crippen LogP contribution is -2.35. The number of anilines is 1. The molecule has 0 aliphatic carbocycles. The van der Waals surface area contributed by atoms with Gasteiger partial charge in [0.15, 0.2) is 0 Å². The van der Waals surface area contributed by atoms with Crippen molar-refractivity contribution in [2.75, 3.05) is 5.43 Å². The van der Waals surface area contributed by atoms with E-state index < -0.39 is 0 Å². The predicted octanol–water partition coefficient (Wildman–Crippen LogP) is 2.62. The molecule has 0 bridgehead atoms. The molecule has 0 spiro atoms. The average molecular weight is 406 g/mol. The molecule has 0 atom stereocenters. The van der Waals surface area contributed by atoms with Crippen LogP contribution in [0.1, 0.15) is 12.6 Å². The van der Waals surface area contributed by atoms with Gasteiger partial charge < -0.3 is 0 Å². The van der Waals surface area contributed by atoms with Crippen molar-refractivity contribution in [3.63, 3.8) is 0 Å². The molecule has 0 unspecified atom stereocenters. The Morgan fingerprint density at radius 2 is 2.03 bits per heavy atom. The lowest BCUT2D eigenvalue weighted by atomic mass is 10.2. The van der Waals surface area contributed by atoms with Gasteiger partial charge in [0.05, 0.1) is 23.0 Å². The van der Waals surface area contributed by atoms with Crippen molar-refractivity contribution < 1.29 is 4.79 Å². The summed E-state index contributed by atoms with van der Waals surface area (Å²) in [6, 6.07) is 10.9. The monoisotopic (exact) mass is 406 g/mol. The zero-order valence-electron chi connectivity index (χ0n) is 15.6. The third kappa shape index (κ3) is 3.99. The van der Waals surface area contributed by atoms with Gasteiger partial charge in [-0.05, 0) is 31.2 Å². The van der Waals surface area contributed by atoms with Crippen LogP contribution < -0.4 is 16.4 Å². The number of carbonyl (C=O) groups is 1. The Morgan fingerprint density at radius 1 is 1.17 bits per heavy atom. The van der Waals surface area contributed by atoms with Gasteiger partial charge in [-0.3, -0.25) is 30.0 Å². The van der Waals surface area contributed by atoms with Crippen LogP contribution >= 0.6 is 11.3 Å². The Balaban J connectivity index is 1.46. The number of aromatic nitrogens is 4. The molecule has 1 amide bonds. The summed E-state index contributed by atoms with van der Waals surface area (Å²) in [7, 11) is 0. The molecule has 3 aromatic heterocycles. The summed E-state index contributed by atoms with van der Waals surface area (Å²) in [6.45, 7) is 2.27. The minimum Gasteiger partial charge on any atom is -0.277 e. The predicted molar refractivity (Wildman–Crippen MR) is 112 cm³/mol. The van der Waals surface area contributed by atoms with Crippen LogP contribution in [0.3, 0.4) is 0 Å². The summed E-state index contributed by atoms with van der Waals surface area (Å²) < 4.78 is 1.48. The van der Waals surface area contributed by atoms with E-state index in [9.17, 15) is 9.59 Å². The van der Waals surface area contributed by atoms with E-state index in [-0.39, 0.29) is 17.9 Å². The van der Waals surface area contributed by atoms with Crippen LogP contribution in [0.5, 0.6) is 0 Å². The van der Waals surface area contributed by atoms with Crippen LogP contribution in [-0.4, -0.2) is 25.4 Å². The molecule has 0 fully saturated rings. The molecule has 0 saturated carbocycles. The van der Waals surface area contributed by atoms with Crippen molar-refractivity contribution in [2.24, 2.45) is 0 Å². The lowest BCUT2D eigenvalue weighted by Gasteiger charge is -2.13. The van der Waals surface area contributed by atoms with E-state index in [4.69, 9.17) is 0 Å². The standard InChI is InChI=1S/C20H18N6O2S/c1-2-26-19(28)15-7-3-4-8-16(15)23-20(26)25-24-17(27)10-14-12-29-18(22-14)13-6-5-9-21-11-13/h3-9,11-12H,2,10H2,1H3,(H,23,25)(H,24,27). The van der Waals surface area contributed by atoms with Gasteiger partial charge in [0, 0.05) is 29.9 Å². The quantitative estimate of drug-likeness (QED) is 0.477. The zero-order valence-corrected chi connectivity index (χ0v) is 16.4. The fraction of sp³-hybridized carbons (Fsp3) is 0.150. The molecule has 0 aliphatic heterocycles. The minimum absolute atomic E-state index is 0.105. The lowest BCUT2D eigenvalue weighted by molar-refractivity contribution is -0.120. The Morgan fingerprint density at radius 3 is 2.83 bits per heavy atom. The Kier molecular flexibility index (Phi) is 5.30. The first-order chi connectivity index (χ1) is 14.2. The third-order valence-corrected chi connectivity index (χ3v) is 5.23. The summed E-state index contributed by atoms with van der Waals surface area (Å²) in [5.41, 5.74) is 7.36. The molecule has 4 rings (SSSR count). The molecule has 146 valence electrons. The molecule has 4 aromatic rings. The van der Waals surface area contributed by atoms with E-state index in [0.717, 1.165) is 10.6 Å². The Labute approximate surface area is 170 Å². The van der Waals surface area contributed by atoms with E-state index in [1.165, 1.54) is 15.9 Å². The van der Waals surface area contributed by atoms with Gasteiger partial charge >= 0.3 is 0 Å². The number of para-hydroxylation sites is 1. The highest BCUT2D eigenvalue weighted by Crippen LogP contribution is 2.22. The molecule has 3 heterocycles. The summed E-state index contributed by atoms with van der Waals surface area (Å²) in [4.78, 5) is 38.0. The molecule has 9 heteroatoms. The molecule has 2 N–H and O–H groups in total. The number of amides is 1. The maximum Gasteiger partial charge on any atom is 0.262 e. The van der Waals surface area contributed by atoms with E-state index in [0.29, 0.717) is 29.1 Å². The van der Waals surface area contributed by atoms with Gasteiger partial charge in [-0.1, -0.05) is 12.1 Å². The van der Waals surface area contributed by atoms with Crippen molar-refractivity contribution in [1.82, 2.24) is 24.9 Å². The number of rotatable bonds is 6. The first kappa shape index (κ1) is 18.8. The van der Waals surface area contributed by atoms with Gasteiger partial charge in [-0.15, -0.1) is 11.3 Å². The maximum atomic E-state index is 12.6. The van der Waals surface area contributed by atoms with E-state index in [1.807, 2.05) is 30.5 Å². The molecule has 0 radical (unpaired) electrons. The van der Waals surface area contributed by atoms with Crippen LogP contribution in [0.4, 0.5) is 5.95 Å². The number of hydrogen-bond donors (Lipinski definition) is 2. The SMILES string of the molecule is CCn1c(NNC(=O)Cc2csc(-c3cccnc3)n2)nc2ccccc2c1=O. The van der Waals surface area contributed by atoms with Crippen molar-refractivity contribution in [2.45, 2.75) is 19.9 Å². The number of thiazole rings is 1. The summed E-state index contributed by atoms with van der Waals surface area (Å²) in [5, 5.41) is 3.19. The molecule has 1 aromatic carbocycles. The number of nitrogens with one attached hydrogen (secondary N) is 2. The van der Waals surface area contributed by atoms with Gasteiger partial charge in [-0.25, -0.2) is 9.97 Å². The summed E-state index contributed by atoms with van der Waals surface area (Å²) in [6.07, 6.45) is 3.54. The molecular weight excluding hydrogens is 388 g/mol. The van der Waals surface area contributed by atoms with Crippen molar-refractivity contribution >= 4 is 34.1 Å². The highest BCUT2D eigenvalue weighted by atomic mass is 32.1. The number of benzene rings is 1. The number of fused-ring (bicyclic) bond motifs is 1. The van der Waals surface area contributed by atoms with E-state index in [2.05, 4.69) is 25.8 Å². The number of pyridine rings is 1. The van der Waals surface area contributed by atoms with Gasteiger partial charge in [0.1, 0.15) is 5.01 Å². The third-order valence-electron chi connectivity index (χ3n) is 4.29. The summed E-state index contributed by atoms with van der Waals surface area (Å²) >= 11 is 1.46. The van der Waals surface area contributed by atoms with Crippen molar-refractivity contribution in [3.05, 3.63) is 70.2 Å². The maximum absolute atomic E-state index is 12.6. The van der Waals surface area contributed by atoms with E-state index >= 15 is 0 Å². The molecule has 29 heavy (non-hydrogen) atoms. The highest BCUT2D eigenvalue weighted by Gasteiger charge is 2.12. The molecule has 0 saturated heterocycles. The molecule has 8 nitrogen and oxygen atoms in total. The van der Waals surface area contributed by atoms with Crippen LogP contribution in [0.15, 0.2) is 59.0 Å². The fourth-order valence-corrected chi connectivity index (χ4v) is 3.71. The van der Waals surface area contributed by atoms with E-state index in [1.54, 1.807) is 30.6 Å². The number of carbonyl (C=O) groups excluding carboxylic acids is 1. The number of hydrogen-bond acceptors (Lipinski definition) is 7. The Bertz CT molecular complexity index is 1220. The second kappa shape index (κ2) is 8.19.